The summed E-state index contributed by atoms with van der Waals surface area (Å²) in [4.78, 5) is 19.6. The molecule has 2 heterocycles. The number of aliphatic imine (C=N–C) groups is 1. The number of amides is 1. The van der Waals surface area contributed by atoms with Crippen molar-refractivity contribution in [2.75, 3.05) is 11.4 Å². The molecular weight excluding hydrogens is 281 g/mol. The topological polar surface area (TPSA) is 35.9 Å². The number of nitrogens with zero attached hydrogens (tertiary/aromatic N) is 3. The summed E-state index contributed by atoms with van der Waals surface area (Å²) in [5.74, 6) is -0.243. The summed E-state index contributed by atoms with van der Waals surface area (Å²) in [7, 11) is 0. The standard InChI is InChI=1S/C17H20FN3O/c1-12-3-6-17(21(12)13(2)22)15-5-4-14(11-16(15)18)20-9-7-19-8-10-20/h4-5,7-9,11-12,17H,3,6,10H2,1-2H3/t12-,17?/m0/s1. The molecule has 1 saturated heterocycles. The molecule has 2 aliphatic heterocycles. The van der Waals surface area contributed by atoms with Crippen LogP contribution in [0.1, 0.15) is 38.3 Å². The molecule has 0 saturated carbocycles. The third-order valence-corrected chi connectivity index (χ3v) is 4.42. The van der Waals surface area contributed by atoms with E-state index in [1.807, 2.05) is 30.2 Å². The van der Waals surface area contributed by atoms with Crippen LogP contribution in [0.3, 0.4) is 0 Å². The first-order chi connectivity index (χ1) is 10.6. The van der Waals surface area contributed by atoms with Crippen LogP contribution in [-0.2, 0) is 4.79 Å². The number of likely N-dealkylation sites (tertiary alicyclic amines) is 1. The van der Waals surface area contributed by atoms with E-state index >= 15 is 0 Å². The zero-order valence-corrected chi connectivity index (χ0v) is 12.9. The van der Waals surface area contributed by atoms with Crippen LogP contribution >= 0.6 is 0 Å². The normalized spacial score (nSPS) is 24.1. The molecule has 1 unspecified atom stereocenters. The first kappa shape index (κ1) is 14.8. The smallest absolute Gasteiger partial charge is 0.220 e. The van der Waals surface area contributed by atoms with Gasteiger partial charge in [0.05, 0.1) is 12.6 Å². The van der Waals surface area contributed by atoms with E-state index in [0.717, 1.165) is 18.5 Å². The van der Waals surface area contributed by atoms with Crippen LogP contribution in [-0.4, -0.2) is 29.6 Å². The van der Waals surface area contributed by atoms with Gasteiger partial charge in [-0.1, -0.05) is 6.07 Å². The van der Waals surface area contributed by atoms with E-state index < -0.39 is 0 Å². The highest BCUT2D eigenvalue weighted by Gasteiger charge is 2.34. The van der Waals surface area contributed by atoms with E-state index in [0.29, 0.717) is 12.1 Å². The lowest BCUT2D eigenvalue weighted by Gasteiger charge is -2.28. The van der Waals surface area contributed by atoms with Crippen LogP contribution in [0.25, 0.3) is 0 Å². The molecular formula is C17H20FN3O. The van der Waals surface area contributed by atoms with Crippen molar-refractivity contribution >= 4 is 17.8 Å². The van der Waals surface area contributed by atoms with Crippen LogP contribution in [0.15, 0.2) is 35.6 Å². The molecule has 0 radical (unpaired) electrons. The largest absolute Gasteiger partial charge is 0.341 e. The highest BCUT2D eigenvalue weighted by atomic mass is 19.1. The lowest BCUT2D eigenvalue weighted by atomic mass is 10.0. The Morgan fingerprint density at radius 3 is 2.82 bits per heavy atom. The van der Waals surface area contributed by atoms with Crippen molar-refractivity contribution in [1.29, 1.82) is 0 Å². The summed E-state index contributed by atoms with van der Waals surface area (Å²) in [6.07, 6.45) is 7.02. The molecule has 3 rings (SSSR count). The number of anilines is 1. The van der Waals surface area contributed by atoms with Crippen LogP contribution < -0.4 is 4.90 Å². The molecule has 2 atom stereocenters. The molecule has 0 bridgehead atoms. The minimum Gasteiger partial charge on any atom is -0.341 e. The van der Waals surface area contributed by atoms with Gasteiger partial charge in [0.25, 0.3) is 0 Å². The predicted octanol–water partition coefficient (Wildman–Crippen LogP) is 3.26. The molecule has 2 aliphatic rings. The van der Waals surface area contributed by atoms with Gasteiger partial charge in [0, 0.05) is 42.8 Å². The highest BCUT2D eigenvalue weighted by molar-refractivity contribution is 5.75. The van der Waals surface area contributed by atoms with Crippen molar-refractivity contribution in [3.63, 3.8) is 0 Å². The van der Waals surface area contributed by atoms with Crippen molar-refractivity contribution in [3.8, 4) is 0 Å². The van der Waals surface area contributed by atoms with Crippen molar-refractivity contribution in [2.45, 2.75) is 38.8 Å². The summed E-state index contributed by atoms with van der Waals surface area (Å²) >= 11 is 0. The molecule has 22 heavy (non-hydrogen) atoms. The highest BCUT2D eigenvalue weighted by Crippen LogP contribution is 2.38. The number of benzene rings is 1. The Morgan fingerprint density at radius 1 is 1.36 bits per heavy atom. The lowest BCUT2D eigenvalue weighted by Crippen LogP contribution is -2.34. The quantitative estimate of drug-likeness (QED) is 0.840. The van der Waals surface area contributed by atoms with Gasteiger partial charge in [-0.3, -0.25) is 9.79 Å². The Labute approximate surface area is 129 Å². The zero-order valence-electron chi connectivity index (χ0n) is 12.9. The Balaban J connectivity index is 1.87. The minimum atomic E-state index is -0.251. The fourth-order valence-electron chi connectivity index (χ4n) is 3.35. The van der Waals surface area contributed by atoms with E-state index in [1.165, 1.54) is 0 Å². The SMILES string of the molecule is CC(=O)N1C(c2ccc(N3C=CN=CC3)cc2F)CC[C@@H]1C. The number of carbonyl (C=O) groups excluding carboxylic acids is 1. The monoisotopic (exact) mass is 301 g/mol. The van der Waals surface area contributed by atoms with Crippen molar-refractivity contribution in [2.24, 2.45) is 4.99 Å². The van der Waals surface area contributed by atoms with Crippen LogP contribution in [0, 0.1) is 5.82 Å². The first-order valence-electron chi connectivity index (χ1n) is 7.61. The van der Waals surface area contributed by atoms with Gasteiger partial charge < -0.3 is 9.80 Å². The third kappa shape index (κ3) is 2.63. The number of rotatable bonds is 2. The van der Waals surface area contributed by atoms with E-state index in [-0.39, 0.29) is 23.8 Å². The van der Waals surface area contributed by atoms with Gasteiger partial charge in [0.1, 0.15) is 5.82 Å². The number of halogens is 1. The number of hydrogen-bond acceptors (Lipinski definition) is 3. The Morgan fingerprint density at radius 2 is 2.18 bits per heavy atom. The molecule has 0 aliphatic carbocycles. The lowest BCUT2D eigenvalue weighted by molar-refractivity contribution is -0.131. The predicted molar refractivity (Wildman–Crippen MR) is 85.3 cm³/mol. The summed E-state index contributed by atoms with van der Waals surface area (Å²) in [5, 5.41) is 0. The fourth-order valence-corrected chi connectivity index (χ4v) is 3.35. The summed E-state index contributed by atoms with van der Waals surface area (Å²) in [6, 6.07) is 5.27. The first-order valence-corrected chi connectivity index (χ1v) is 7.61. The molecule has 5 heteroatoms. The van der Waals surface area contributed by atoms with Gasteiger partial charge in [-0.05, 0) is 31.9 Å². The van der Waals surface area contributed by atoms with Crippen LogP contribution in [0.4, 0.5) is 10.1 Å². The van der Waals surface area contributed by atoms with Crippen LogP contribution in [0.2, 0.25) is 0 Å². The second kappa shape index (κ2) is 5.91. The maximum Gasteiger partial charge on any atom is 0.220 e. The molecule has 1 amide bonds. The van der Waals surface area contributed by atoms with Crippen molar-refractivity contribution in [1.82, 2.24) is 4.90 Å². The van der Waals surface area contributed by atoms with Gasteiger partial charge in [0.2, 0.25) is 5.91 Å². The molecule has 116 valence electrons. The Kier molecular flexibility index (Phi) is 3.96. The average molecular weight is 301 g/mol. The van der Waals surface area contributed by atoms with Crippen molar-refractivity contribution < 1.29 is 9.18 Å². The van der Waals surface area contributed by atoms with E-state index in [9.17, 15) is 9.18 Å². The summed E-state index contributed by atoms with van der Waals surface area (Å²) in [6.45, 7) is 4.21. The molecule has 0 N–H and O–H groups in total. The Bertz CT molecular complexity index is 641. The van der Waals surface area contributed by atoms with Crippen molar-refractivity contribution in [3.05, 3.63) is 42.0 Å². The molecule has 4 nitrogen and oxygen atoms in total. The molecule has 0 aromatic heterocycles. The molecule has 0 spiro atoms. The molecule has 1 fully saturated rings. The van der Waals surface area contributed by atoms with E-state index in [1.54, 1.807) is 30.3 Å². The van der Waals surface area contributed by atoms with Gasteiger partial charge in [0.15, 0.2) is 0 Å². The van der Waals surface area contributed by atoms with Gasteiger partial charge in [-0.25, -0.2) is 4.39 Å². The van der Waals surface area contributed by atoms with Crippen LogP contribution in [0.5, 0.6) is 0 Å². The van der Waals surface area contributed by atoms with Gasteiger partial charge >= 0.3 is 0 Å². The molecule has 1 aromatic rings. The fraction of sp³-hybridized carbons (Fsp3) is 0.412. The van der Waals surface area contributed by atoms with E-state index in [2.05, 4.69) is 4.99 Å². The van der Waals surface area contributed by atoms with Gasteiger partial charge in [-0.2, -0.15) is 0 Å². The third-order valence-electron chi connectivity index (χ3n) is 4.42. The average Bonchev–Trinajstić information content (AvgIpc) is 2.89. The number of carbonyl (C=O) groups is 1. The zero-order chi connectivity index (χ0) is 15.7. The maximum absolute atomic E-state index is 14.6. The Hall–Kier alpha value is -2.17. The summed E-state index contributed by atoms with van der Waals surface area (Å²) in [5.41, 5.74) is 1.40. The second-order valence-corrected chi connectivity index (χ2v) is 5.86. The number of hydrogen-bond donors (Lipinski definition) is 0. The van der Waals surface area contributed by atoms with Gasteiger partial charge in [-0.15, -0.1) is 0 Å². The minimum absolute atomic E-state index is 0.00801. The van der Waals surface area contributed by atoms with E-state index in [4.69, 9.17) is 0 Å². The summed E-state index contributed by atoms with van der Waals surface area (Å²) < 4.78 is 14.6. The maximum atomic E-state index is 14.6. The molecule has 1 aromatic carbocycles. The second-order valence-electron chi connectivity index (χ2n) is 5.86.